The van der Waals surface area contributed by atoms with Crippen LogP contribution in [0.15, 0.2) is 52.3 Å². The van der Waals surface area contributed by atoms with Gasteiger partial charge in [-0.1, -0.05) is 30.3 Å². The molecule has 0 unspecified atom stereocenters. The molecular formula is C19H20N2O2S. The Hall–Kier alpha value is -2.40. The summed E-state index contributed by atoms with van der Waals surface area (Å²) in [5.74, 6) is 0.874. The molecule has 24 heavy (non-hydrogen) atoms. The van der Waals surface area contributed by atoms with Crippen molar-refractivity contribution in [2.75, 3.05) is 0 Å². The van der Waals surface area contributed by atoms with Gasteiger partial charge in [-0.15, -0.1) is 11.3 Å². The van der Waals surface area contributed by atoms with E-state index >= 15 is 0 Å². The number of aryl methyl sites for hydroxylation is 1. The summed E-state index contributed by atoms with van der Waals surface area (Å²) in [6, 6.07) is 13.6. The molecule has 4 nitrogen and oxygen atoms in total. The summed E-state index contributed by atoms with van der Waals surface area (Å²) < 4.78 is 5.77. The van der Waals surface area contributed by atoms with Gasteiger partial charge >= 0.3 is 0 Å². The van der Waals surface area contributed by atoms with E-state index in [0.29, 0.717) is 18.1 Å². The molecule has 0 aliphatic carbocycles. The van der Waals surface area contributed by atoms with Crippen LogP contribution in [0.4, 0.5) is 0 Å². The summed E-state index contributed by atoms with van der Waals surface area (Å²) in [5.41, 5.74) is 1.87. The number of hydrogen-bond acceptors (Lipinski definition) is 4. The molecule has 0 saturated heterocycles. The first-order valence-electron chi connectivity index (χ1n) is 7.92. The second-order valence-corrected chi connectivity index (χ2v) is 6.99. The van der Waals surface area contributed by atoms with Crippen molar-refractivity contribution in [1.29, 1.82) is 0 Å². The molecule has 3 rings (SSSR count). The highest BCUT2D eigenvalue weighted by Gasteiger charge is 2.22. The Labute approximate surface area is 145 Å². The lowest BCUT2D eigenvalue weighted by Crippen LogP contribution is -2.36. The minimum absolute atomic E-state index is 0.0766. The second kappa shape index (κ2) is 7.01. The van der Waals surface area contributed by atoms with Gasteiger partial charge in [-0.25, -0.2) is 4.98 Å². The van der Waals surface area contributed by atoms with Crippen LogP contribution in [0.2, 0.25) is 0 Å². The number of hydrogen-bond donors (Lipinski definition) is 0. The molecule has 0 spiro atoms. The topological polar surface area (TPSA) is 46.3 Å². The SMILES string of the molecule is Cc1nc(-c2ccc(C(=O)N(Cc3ccccc3)C(C)C)o2)cs1. The lowest BCUT2D eigenvalue weighted by Gasteiger charge is -2.26. The predicted octanol–water partition coefficient (Wildman–Crippen LogP) is 4.76. The van der Waals surface area contributed by atoms with Crippen LogP contribution in [0, 0.1) is 6.92 Å². The predicted molar refractivity (Wildman–Crippen MR) is 96.0 cm³/mol. The summed E-state index contributed by atoms with van der Waals surface area (Å²) in [5, 5.41) is 2.91. The number of benzene rings is 1. The van der Waals surface area contributed by atoms with Gasteiger partial charge in [-0.2, -0.15) is 0 Å². The van der Waals surface area contributed by atoms with Gasteiger partial charge in [0, 0.05) is 18.0 Å². The number of carbonyl (C=O) groups is 1. The highest BCUT2D eigenvalue weighted by Crippen LogP contribution is 2.25. The number of aromatic nitrogens is 1. The van der Waals surface area contributed by atoms with Crippen molar-refractivity contribution >= 4 is 17.2 Å². The van der Waals surface area contributed by atoms with Crippen molar-refractivity contribution in [2.45, 2.75) is 33.4 Å². The van der Waals surface area contributed by atoms with Gasteiger partial charge in [0.25, 0.3) is 5.91 Å². The van der Waals surface area contributed by atoms with Crippen LogP contribution in [0.1, 0.15) is 35.0 Å². The zero-order chi connectivity index (χ0) is 17.1. The Bertz CT molecular complexity index is 821. The van der Waals surface area contributed by atoms with Crippen LogP contribution in [0.3, 0.4) is 0 Å². The van der Waals surface area contributed by atoms with Crippen LogP contribution in [-0.4, -0.2) is 21.8 Å². The van der Waals surface area contributed by atoms with Crippen LogP contribution in [-0.2, 0) is 6.54 Å². The van der Waals surface area contributed by atoms with E-state index in [0.717, 1.165) is 16.3 Å². The lowest BCUT2D eigenvalue weighted by molar-refractivity contribution is 0.0658. The van der Waals surface area contributed by atoms with Gasteiger partial charge in [0.1, 0.15) is 5.69 Å². The maximum atomic E-state index is 12.9. The van der Waals surface area contributed by atoms with E-state index in [-0.39, 0.29) is 11.9 Å². The molecule has 5 heteroatoms. The third-order valence-corrected chi connectivity index (χ3v) is 4.54. The van der Waals surface area contributed by atoms with Crippen LogP contribution >= 0.6 is 11.3 Å². The van der Waals surface area contributed by atoms with E-state index in [1.54, 1.807) is 17.4 Å². The molecule has 2 heterocycles. The highest BCUT2D eigenvalue weighted by atomic mass is 32.1. The van der Waals surface area contributed by atoms with Crippen LogP contribution in [0.5, 0.6) is 0 Å². The second-order valence-electron chi connectivity index (χ2n) is 5.93. The molecule has 0 aliphatic heterocycles. The summed E-state index contributed by atoms with van der Waals surface area (Å²) >= 11 is 1.56. The van der Waals surface area contributed by atoms with Gasteiger partial charge in [0.2, 0.25) is 0 Å². The number of thiazole rings is 1. The fraction of sp³-hybridized carbons (Fsp3) is 0.263. The van der Waals surface area contributed by atoms with E-state index in [9.17, 15) is 4.79 Å². The van der Waals surface area contributed by atoms with Crippen molar-refractivity contribution in [1.82, 2.24) is 9.88 Å². The monoisotopic (exact) mass is 340 g/mol. The summed E-state index contributed by atoms with van der Waals surface area (Å²) in [4.78, 5) is 19.1. The van der Waals surface area contributed by atoms with E-state index in [2.05, 4.69) is 4.98 Å². The maximum Gasteiger partial charge on any atom is 0.290 e. The van der Waals surface area contributed by atoms with E-state index in [4.69, 9.17) is 4.42 Å². The molecule has 124 valence electrons. The molecule has 0 radical (unpaired) electrons. The lowest BCUT2D eigenvalue weighted by atomic mass is 10.2. The zero-order valence-electron chi connectivity index (χ0n) is 14.0. The van der Waals surface area contributed by atoms with Crippen LogP contribution < -0.4 is 0 Å². The van der Waals surface area contributed by atoms with Crippen LogP contribution in [0.25, 0.3) is 11.5 Å². The molecule has 0 bridgehead atoms. The first-order valence-corrected chi connectivity index (χ1v) is 8.80. The van der Waals surface area contributed by atoms with E-state index in [1.165, 1.54) is 0 Å². The molecule has 0 atom stereocenters. The zero-order valence-corrected chi connectivity index (χ0v) is 14.8. The largest absolute Gasteiger partial charge is 0.449 e. The van der Waals surface area contributed by atoms with Crippen molar-refractivity contribution < 1.29 is 9.21 Å². The van der Waals surface area contributed by atoms with E-state index in [1.807, 2.05) is 67.4 Å². The van der Waals surface area contributed by atoms with Crippen molar-refractivity contribution in [3.8, 4) is 11.5 Å². The van der Waals surface area contributed by atoms with Crippen molar-refractivity contribution in [3.63, 3.8) is 0 Å². The Morgan fingerprint density at radius 2 is 1.96 bits per heavy atom. The minimum Gasteiger partial charge on any atom is -0.449 e. The minimum atomic E-state index is -0.105. The number of carbonyl (C=O) groups excluding carboxylic acids is 1. The first-order chi connectivity index (χ1) is 11.5. The summed E-state index contributed by atoms with van der Waals surface area (Å²) in [6.45, 7) is 6.52. The Kier molecular flexibility index (Phi) is 4.81. The number of furan rings is 1. The normalized spacial score (nSPS) is 11.0. The quantitative estimate of drug-likeness (QED) is 0.672. The molecule has 0 N–H and O–H groups in total. The first kappa shape index (κ1) is 16.5. The molecule has 0 fully saturated rings. The van der Waals surface area contributed by atoms with Gasteiger partial charge in [-0.3, -0.25) is 4.79 Å². The molecule has 3 aromatic rings. The summed E-state index contributed by atoms with van der Waals surface area (Å²) in [7, 11) is 0. The van der Waals surface area contributed by atoms with Gasteiger partial charge < -0.3 is 9.32 Å². The molecule has 1 aromatic carbocycles. The standard InChI is InChI=1S/C19H20N2O2S/c1-13(2)21(11-15-7-5-4-6-8-15)19(22)18-10-9-17(23-18)16-12-24-14(3)20-16/h4-10,12-13H,11H2,1-3H3. The smallest absolute Gasteiger partial charge is 0.290 e. The third-order valence-electron chi connectivity index (χ3n) is 3.77. The average Bonchev–Trinajstić information content (AvgIpc) is 3.21. The average molecular weight is 340 g/mol. The Morgan fingerprint density at radius 3 is 2.58 bits per heavy atom. The Balaban J connectivity index is 1.82. The fourth-order valence-corrected chi connectivity index (χ4v) is 3.08. The van der Waals surface area contributed by atoms with Crippen molar-refractivity contribution in [2.24, 2.45) is 0 Å². The molecule has 1 amide bonds. The third kappa shape index (κ3) is 3.57. The van der Waals surface area contributed by atoms with E-state index < -0.39 is 0 Å². The number of rotatable bonds is 5. The van der Waals surface area contributed by atoms with Crippen molar-refractivity contribution in [3.05, 3.63) is 64.2 Å². The van der Waals surface area contributed by atoms with Gasteiger partial charge in [0.15, 0.2) is 11.5 Å². The fourth-order valence-electron chi connectivity index (χ4n) is 2.48. The molecule has 0 aliphatic rings. The Morgan fingerprint density at radius 1 is 1.21 bits per heavy atom. The van der Waals surface area contributed by atoms with Gasteiger partial charge in [-0.05, 0) is 38.5 Å². The van der Waals surface area contributed by atoms with Gasteiger partial charge in [0.05, 0.1) is 5.01 Å². The number of amides is 1. The molecule has 2 aromatic heterocycles. The maximum absolute atomic E-state index is 12.9. The highest BCUT2D eigenvalue weighted by molar-refractivity contribution is 7.09. The molecule has 0 saturated carbocycles. The summed E-state index contributed by atoms with van der Waals surface area (Å²) in [6.07, 6.45) is 0. The number of nitrogens with zero attached hydrogens (tertiary/aromatic N) is 2. The molecular weight excluding hydrogens is 320 g/mol.